The van der Waals surface area contributed by atoms with E-state index >= 15 is 0 Å². The first-order valence-corrected chi connectivity index (χ1v) is 9.78. The number of halogens is 1. The Kier molecular flexibility index (Phi) is 6.73. The molecule has 0 aliphatic rings. The summed E-state index contributed by atoms with van der Waals surface area (Å²) in [4.78, 5) is 2.13. The number of para-hydroxylation sites is 1. The van der Waals surface area contributed by atoms with Crippen LogP contribution in [0.2, 0.25) is 0 Å². The van der Waals surface area contributed by atoms with Crippen LogP contribution >= 0.6 is 0 Å². The van der Waals surface area contributed by atoms with Gasteiger partial charge in [-0.3, -0.25) is 0 Å². The van der Waals surface area contributed by atoms with Gasteiger partial charge in [0, 0.05) is 18.7 Å². The second-order valence-electron chi connectivity index (χ2n) is 7.55. The lowest BCUT2D eigenvalue weighted by atomic mass is 9.96. The van der Waals surface area contributed by atoms with Crippen LogP contribution in [0.25, 0.3) is 21.8 Å². The monoisotopic (exact) mass is 406 g/mol. The molecule has 0 unspecified atom stereocenters. The molecule has 0 aliphatic carbocycles. The van der Waals surface area contributed by atoms with Gasteiger partial charge in [0.2, 0.25) is 11.0 Å². The molecule has 3 nitrogen and oxygen atoms in total. The molecule has 0 bridgehead atoms. The molecule has 0 spiro atoms. The van der Waals surface area contributed by atoms with Crippen molar-refractivity contribution in [3.05, 3.63) is 83.9 Å². The molecular formula is C25H27ClN2O. The summed E-state index contributed by atoms with van der Waals surface area (Å²) in [5.74, 6) is 0.930. The summed E-state index contributed by atoms with van der Waals surface area (Å²) in [6.07, 6.45) is 0.903. The summed E-state index contributed by atoms with van der Waals surface area (Å²) in [5.41, 5.74) is 5.15. The van der Waals surface area contributed by atoms with Crippen LogP contribution in [0.5, 0.6) is 5.75 Å². The average Bonchev–Trinajstić information content (AvgIpc) is 2.71. The minimum absolute atomic E-state index is 0. The molecule has 0 amide bonds. The molecule has 0 saturated carbocycles. The molecule has 0 N–H and O–H groups in total. The van der Waals surface area contributed by atoms with Crippen LogP contribution < -0.4 is 21.7 Å². The Hall–Kier alpha value is -2.62. The largest absolute Gasteiger partial charge is 1.00 e. The topological polar surface area (TPSA) is 16.4 Å². The number of aromatic nitrogens is 1. The van der Waals surface area contributed by atoms with Crippen molar-refractivity contribution in [2.45, 2.75) is 6.42 Å². The summed E-state index contributed by atoms with van der Waals surface area (Å²) in [6.45, 7) is 1.59. The first-order chi connectivity index (χ1) is 13.6. The zero-order chi connectivity index (χ0) is 19.5. The van der Waals surface area contributed by atoms with Gasteiger partial charge >= 0.3 is 0 Å². The van der Waals surface area contributed by atoms with Crippen LogP contribution in [0.1, 0.15) is 11.1 Å². The summed E-state index contributed by atoms with van der Waals surface area (Å²) >= 11 is 0. The number of pyridine rings is 1. The fourth-order valence-corrected chi connectivity index (χ4v) is 3.77. The number of hydrogen-bond donors (Lipinski definition) is 0. The predicted molar refractivity (Wildman–Crippen MR) is 116 cm³/mol. The van der Waals surface area contributed by atoms with E-state index in [2.05, 4.69) is 103 Å². The van der Waals surface area contributed by atoms with Gasteiger partial charge in [-0.05, 0) is 49.8 Å². The maximum absolute atomic E-state index is 6.03. The summed E-state index contributed by atoms with van der Waals surface area (Å²) in [5, 5.41) is 2.55. The molecule has 4 heteroatoms. The third-order valence-corrected chi connectivity index (χ3v) is 5.28. The van der Waals surface area contributed by atoms with E-state index in [0.717, 1.165) is 18.7 Å². The Balaban J connectivity index is 0.00000240. The molecule has 0 fully saturated rings. The van der Waals surface area contributed by atoms with Crippen molar-refractivity contribution in [1.29, 1.82) is 0 Å². The first kappa shape index (κ1) is 21.1. The SMILES string of the molecule is CN(C)CCOc1ccc2c(c1)c(Cc1ccccc1)c1ccccc1[n+]2C.[Cl-]. The normalized spacial score (nSPS) is 11.0. The number of benzene rings is 3. The number of ether oxygens (including phenoxy) is 1. The fourth-order valence-electron chi connectivity index (χ4n) is 3.77. The quantitative estimate of drug-likeness (QED) is 0.355. The van der Waals surface area contributed by atoms with Gasteiger partial charge in [-0.2, -0.15) is 4.57 Å². The number of fused-ring (bicyclic) bond motifs is 2. The highest BCUT2D eigenvalue weighted by atomic mass is 35.5. The molecule has 4 rings (SSSR count). The third-order valence-electron chi connectivity index (χ3n) is 5.28. The van der Waals surface area contributed by atoms with Gasteiger partial charge in [-0.25, -0.2) is 0 Å². The Labute approximate surface area is 178 Å². The molecule has 0 aliphatic heterocycles. The van der Waals surface area contributed by atoms with Gasteiger partial charge in [0.15, 0.2) is 0 Å². The molecule has 29 heavy (non-hydrogen) atoms. The maximum atomic E-state index is 6.03. The van der Waals surface area contributed by atoms with Crippen LogP contribution in [0.4, 0.5) is 0 Å². The van der Waals surface area contributed by atoms with E-state index < -0.39 is 0 Å². The summed E-state index contributed by atoms with van der Waals surface area (Å²) in [7, 11) is 6.27. The van der Waals surface area contributed by atoms with Crippen molar-refractivity contribution in [2.75, 3.05) is 27.2 Å². The highest BCUT2D eigenvalue weighted by molar-refractivity contribution is 5.94. The number of hydrogen-bond acceptors (Lipinski definition) is 2. The predicted octanol–water partition coefficient (Wildman–Crippen LogP) is 1.35. The lowest BCUT2D eigenvalue weighted by molar-refractivity contribution is -0.617. The van der Waals surface area contributed by atoms with Gasteiger partial charge in [0.25, 0.3) is 0 Å². The minimum atomic E-state index is 0. The minimum Gasteiger partial charge on any atom is -1.00 e. The molecule has 0 radical (unpaired) electrons. The third kappa shape index (κ3) is 4.52. The van der Waals surface area contributed by atoms with E-state index in [4.69, 9.17) is 4.74 Å². The highest BCUT2D eigenvalue weighted by Crippen LogP contribution is 2.29. The van der Waals surface area contributed by atoms with Gasteiger partial charge in [-0.15, -0.1) is 0 Å². The van der Waals surface area contributed by atoms with Crippen molar-refractivity contribution < 1.29 is 21.7 Å². The average molecular weight is 407 g/mol. The smallest absolute Gasteiger partial charge is 0.213 e. The van der Waals surface area contributed by atoms with Crippen molar-refractivity contribution in [1.82, 2.24) is 4.90 Å². The highest BCUT2D eigenvalue weighted by Gasteiger charge is 2.18. The lowest BCUT2D eigenvalue weighted by Crippen LogP contribution is -3.00. The second kappa shape index (κ2) is 9.25. The molecule has 150 valence electrons. The van der Waals surface area contributed by atoms with E-state index in [1.165, 1.54) is 32.9 Å². The molecule has 1 heterocycles. The lowest BCUT2D eigenvalue weighted by Gasteiger charge is -2.13. The van der Waals surface area contributed by atoms with Crippen molar-refractivity contribution in [2.24, 2.45) is 7.05 Å². The first-order valence-electron chi connectivity index (χ1n) is 9.78. The van der Waals surface area contributed by atoms with Gasteiger partial charge in [-0.1, -0.05) is 42.5 Å². The Morgan fingerprint density at radius 2 is 1.52 bits per heavy atom. The van der Waals surface area contributed by atoms with Crippen molar-refractivity contribution in [3.8, 4) is 5.75 Å². The van der Waals surface area contributed by atoms with Crippen LogP contribution in [0.3, 0.4) is 0 Å². The van der Waals surface area contributed by atoms with Crippen LogP contribution in [0, 0.1) is 0 Å². The van der Waals surface area contributed by atoms with Gasteiger partial charge in [0.05, 0.1) is 10.8 Å². The molecule has 1 aromatic heterocycles. The number of nitrogens with zero attached hydrogens (tertiary/aromatic N) is 2. The Morgan fingerprint density at radius 1 is 0.828 bits per heavy atom. The maximum Gasteiger partial charge on any atom is 0.213 e. The number of aryl methyl sites for hydroxylation is 1. The van der Waals surface area contributed by atoms with Gasteiger partial charge < -0.3 is 22.0 Å². The zero-order valence-corrected chi connectivity index (χ0v) is 18.0. The van der Waals surface area contributed by atoms with E-state index in [0.29, 0.717) is 6.61 Å². The fraction of sp³-hybridized carbons (Fsp3) is 0.240. The number of likely N-dealkylation sites (N-methyl/N-ethyl adjacent to an activating group) is 1. The molecule has 3 aromatic carbocycles. The zero-order valence-electron chi connectivity index (χ0n) is 17.2. The molecule has 4 aromatic rings. The van der Waals surface area contributed by atoms with Crippen molar-refractivity contribution >= 4 is 21.8 Å². The van der Waals surface area contributed by atoms with Crippen LogP contribution in [0.15, 0.2) is 72.8 Å². The second-order valence-corrected chi connectivity index (χ2v) is 7.55. The molecule has 0 atom stereocenters. The van der Waals surface area contributed by atoms with Crippen LogP contribution in [-0.4, -0.2) is 32.1 Å². The van der Waals surface area contributed by atoms with E-state index in [-0.39, 0.29) is 12.4 Å². The van der Waals surface area contributed by atoms with Gasteiger partial charge in [0.1, 0.15) is 19.4 Å². The Morgan fingerprint density at radius 3 is 2.28 bits per heavy atom. The summed E-state index contributed by atoms with van der Waals surface area (Å²) in [6, 6.07) is 25.8. The van der Waals surface area contributed by atoms with E-state index in [1.807, 2.05) is 0 Å². The number of rotatable bonds is 6. The summed E-state index contributed by atoms with van der Waals surface area (Å²) < 4.78 is 8.31. The molecule has 0 saturated heterocycles. The Bertz CT molecular complexity index is 1110. The molecular weight excluding hydrogens is 380 g/mol. The van der Waals surface area contributed by atoms with Crippen molar-refractivity contribution in [3.63, 3.8) is 0 Å². The van der Waals surface area contributed by atoms with E-state index in [9.17, 15) is 0 Å². The standard InChI is InChI=1S/C25H27N2O.ClH/c1-26(2)15-16-28-20-13-14-25-23(18-20)22(17-19-9-5-4-6-10-19)21-11-7-8-12-24(21)27(25)3;/h4-14,18H,15-17H2,1-3H3;1H/q+1;/p-1. The van der Waals surface area contributed by atoms with Crippen LogP contribution in [-0.2, 0) is 13.5 Å². The van der Waals surface area contributed by atoms with E-state index in [1.54, 1.807) is 0 Å².